The zero-order chi connectivity index (χ0) is 10.7. The number of halogens is 1. The van der Waals surface area contributed by atoms with Crippen molar-refractivity contribution in [1.82, 2.24) is 0 Å². The lowest BCUT2D eigenvalue weighted by atomic mass is 9.91. The summed E-state index contributed by atoms with van der Waals surface area (Å²) in [6, 6.07) is 2.42. The molecule has 2 nitrogen and oxygen atoms in total. The second-order valence-electron chi connectivity index (χ2n) is 4.08. The fraction of sp³-hybridized carbons (Fsp3) is 0.636. The molecular formula is C11H16INOS. The zero-order valence-corrected chi connectivity index (χ0v) is 11.6. The smallest absolute Gasteiger partial charge is 0.0656 e. The molecular weight excluding hydrogens is 321 g/mol. The molecule has 4 heteroatoms. The summed E-state index contributed by atoms with van der Waals surface area (Å²) >= 11 is 4.12. The fourth-order valence-corrected chi connectivity index (χ4v) is 3.43. The van der Waals surface area contributed by atoms with Crippen molar-refractivity contribution in [3.8, 4) is 0 Å². The van der Waals surface area contributed by atoms with E-state index in [1.54, 1.807) is 11.3 Å². The van der Waals surface area contributed by atoms with Crippen LogP contribution >= 0.6 is 33.9 Å². The Morgan fingerprint density at radius 3 is 2.87 bits per heavy atom. The number of rotatable bonds is 3. The summed E-state index contributed by atoms with van der Waals surface area (Å²) in [6.07, 6.45) is 3.46. The number of thiophene rings is 1. The maximum atomic E-state index is 6.20. The van der Waals surface area contributed by atoms with Crippen LogP contribution in [0.4, 0.5) is 0 Å². The molecule has 1 unspecified atom stereocenters. The van der Waals surface area contributed by atoms with Crippen molar-refractivity contribution in [2.24, 2.45) is 11.7 Å². The molecule has 0 aromatic carbocycles. The Morgan fingerprint density at radius 2 is 2.27 bits per heavy atom. The quantitative estimate of drug-likeness (QED) is 0.860. The maximum Gasteiger partial charge on any atom is 0.0656 e. The van der Waals surface area contributed by atoms with E-state index in [1.165, 1.54) is 21.3 Å². The molecule has 0 aliphatic carbocycles. The molecule has 0 radical (unpaired) electrons. The molecule has 1 aliphatic heterocycles. The standard InChI is InChI=1S/C11H16INOS/c12-11-6-9(7-15-11)10(13)5-8-1-3-14-4-2-8/h6-8,10H,1-5,13H2. The van der Waals surface area contributed by atoms with Gasteiger partial charge in [0.15, 0.2) is 0 Å². The van der Waals surface area contributed by atoms with Crippen LogP contribution in [0.15, 0.2) is 11.4 Å². The lowest BCUT2D eigenvalue weighted by Crippen LogP contribution is -2.21. The Labute approximate surface area is 108 Å². The molecule has 1 aromatic heterocycles. The van der Waals surface area contributed by atoms with Crippen molar-refractivity contribution < 1.29 is 4.74 Å². The van der Waals surface area contributed by atoms with Crippen molar-refractivity contribution in [3.63, 3.8) is 0 Å². The summed E-state index contributed by atoms with van der Waals surface area (Å²) in [5.41, 5.74) is 7.50. The Bertz CT molecular complexity index is 309. The van der Waals surface area contributed by atoms with Crippen molar-refractivity contribution in [3.05, 3.63) is 19.9 Å². The highest BCUT2D eigenvalue weighted by Gasteiger charge is 2.18. The first-order valence-corrected chi connectivity index (χ1v) is 7.29. The molecule has 0 saturated carbocycles. The normalized spacial score (nSPS) is 20.4. The van der Waals surface area contributed by atoms with Gasteiger partial charge in [-0.1, -0.05) is 0 Å². The first-order chi connectivity index (χ1) is 7.25. The highest BCUT2D eigenvalue weighted by Crippen LogP contribution is 2.28. The molecule has 1 aliphatic rings. The predicted octanol–water partition coefficient (Wildman–Crippen LogP) is 3.17. The third-order valence-electron chi connectivity index (χ3n) is 2.94. The van der Waals surface area contributed by atoms with E-state index in [4.69, 9.17) is 10.5 Å². The second-order valence-corrected chi connectivity index (χ2v) is 6.89. The van der Waals surface area contributed by atoms with Crippen LogP contribution in [0, 0.1) is 8.80 Å². The monoisotopic (exact) mass is 337 g/mol. The first-order valence-electron chi connectivity index (χ1n) is 5.33. The van der Waals surface area contributed by atoms with Crippen LogP contribution in [-0.2, 0) is 4.74 Å². The van der Waals surface area contributed by atoms with Gasteiger partial charge in [-0.15, -0.1) is 11.3 Å². The molecule has 1 fully saturated rings. The van der Waals surface area contributed by atoms with E-state index in [0.717, 1.165) is 25.6 Å². The van der Waals surface area contributed by atoms with Crippen LogP contribution in [0.1, 0.15) is 30.9 Å². The first kappa shape index (κ1) is 11.8. The van der Waals surface area contributed by atoms with E-state index < -0.39 is 0 Å². The van der Waals surface area contributed by atoms with E-state index in [9.17, 15) is 0 Å². The number of hydrogen-bond acceptors (Lipinski definition) is 3. The highest BCUT2D eigenvalue weighted by atomic mass is 127. The highest BCUT2D eigenvalue weighted by molar-refractivity contribution is 14.1. The summed E-state index contributed by atoms with van der Waals surface area (Å²) in [4.78, 5) is 0. The summed E-state index contributed by atoms with van der Waals surface area (Å²) in [6.45, 7) is 1.83. The van der Waals surface area contributed by atoms with E-state index in [0.29, 0.717) is 0 Å². The van der Waals surface area contributed by atoms with E-state index in [1.807, 2.05) is 0 Å². The van der Waals surface area contributed by atoms with Gasteiger partial charge in [0, 0.05) is 19.3 Å². The van der Waals surface area contributed by atoms with Gasteiger partial charge in [0.05, 0.1) is 2.88 Å². The lowest BCUT2D eigenvalue weighted by molar-refractivity contribution is 0.0618. The third-order valence-corrected chi connectivity index (χ3v) is 4.75. The number of nitrogens with two attached hydrogens (primary N) is 1. The zero-order valence-electron chi connectivity index (χ0n) is 8.62. The fourth-order valence-electron chi connectivity index (χ4n) is 2.00. The van der Waals surface area contributed by atoms with Crippen LogP contribution in [0.2, 0.25) is 0 Å². The third kappa shape index (κ3) is 3.41. The molecule has 2 N–H and O–H groups in total. The van der Waals surface area contributed by atoms with Crippen molar-refractivity contribution >= 4 is 33.9 Å². The van der Waals surface area contributed by atoms with Crippen LogP contribution in [0.5, 0.6) is 0 Å². The van der Waals surface area contributed by atoms with Gasteiger partial charge >= 0.3 is 0 Å². The molecule has 0 spiro atoms. The summed E-state index contributed by atoms with van der Waals surface area (Å²) < 4.78 is 6.68. The van der Waals surface area contributed by atoms with Crippen LogP contribution in [0.25, 0.3) is 0 Å². The summed E-state index contributed by atoms with van der Waals surface area (Å²) in [5.74, 6) is 0.756. The summed E-state index contributed by atoms with van der Waals surface area (Å²) in [7, 11) is 0. The van der Waals surface area contributed by atoms with E-state index in [-0.39, 0.29) is 6.04 Å². The van der Waals surface area contributed by atoms with Gasteiger partial charge in [0.1, 0.15) is 0 Å². The van der Waals surface area contributed by atoms with Gasteiger partial charge in [0.2, 0.25) is 0 Å². The van der Waals surface area contributed by atoms with E-state index in [2.05, 4.69) is 34.0 Å². The average molecular weight is 337 g/mol. The average Bonchev–Trinajstić information content (AvgIpc) is 2.66. The van der Waals surface area contributed by atoms with Gasteiger partial charge in [-0.3, -0.25) is 0 Å². The van der Waals surface area contributed by atoms with Gasteiger partial charge in [-0.2, -0.15) is 0 Å². The van der Waals surface area contributed by atoms with E-state index >= 15 is 0 Å². The van der Waals surface area contributed by atoms with Gasteiger partial charge < -0.3 is 10.5 Å². The Morgan fingerprint density at radius 1 is 1.53 bits per heavy atom. The number of ether oxygens (including phenoxy) is 1. The maximum absolute atomic E-state index is 6.20. The Hall–Kier alpha value is 0.350. The Kier molecular flexibility index (Phi) is 4.42. The van der Waals surface area contributed by atoms with Gasteiger partial charge in [0.25, 0.3) is 0 Å². The minimum Gasteiger partial charge on any atom is -0.381 e. The molecule has 84 valence electrons. The second kappa shape index (κ2) is 5.61. The molecule has 0 bridgehead atoms. The van der Waals surface area contributed by atoms with Crippen LogP contribution in [0.3, 0.4) is 0 Å². The largest absolute Gasteiger partial charge is 0.381 e. The predicted molar refractivity (Wildman–Crippen MR) is 72.1 cm³/mol. The lowest BCUT2D eigenvalue weighted by Gasteiger charge is -2.24. The summed E-state index contributed by atoms with van der Waals surface area (Å²) in [5, 5.41) is 2.19. The van der Waals surface area contributed by atoms with Crippen LogP contribution < -0.4 is 5.73 Å². The topological polar surface area (TPSA) is 35.2 Å². The molecule has 1 saturated heterocycles. The minimum absolute atomic E-state index is 0.216. The molecule has 0 amide bonds. The van der Waals surface area contributed by atoms with Crippen molar-refractivity contribution in [2.45, 2.75) is 25.3 Å². The van der Waals surface area contributed by atoms with Gasteiger partial charge in [-0.05, 0) is 64.8 Å². The Balaban J connectivity index is 1.88. The SMILES string of the molecule is NC(CC1CCOCC1)c1csc(I)c1. The van der Waals surface area contributed by atoms with Crippen molar-refractivity contribution in [2.75, 3.05) is 13.2 Å². The number of hydrogen-bond donors (Lipinski definition) is 1. The molecule has 2 heterocycles. The minimum atomic E-state index is 0.216. The molecule has 2 rings (SSSR count). The molecule has 1 atom stereocenters. The van der Waals surface area contributed by atoms with Gasteiger partial charge in [-0.25, -0.2) is 0 Å². The molecule has 15 heavy (non-hydrogen) atoms. The molecule has 1 aromatic rings. The van der Waals surface area contributed by atoms with Crippen LogP contribution in [-0.4, -0.2) is 13.2 Å². The van der Waals surface area contributed by atoms with Crippen molar-refractivity contribution in [1.29, 1.82) is 0 Å².